The zero-order valence-corrected chi connectivity index (χ0v) is 27.9. The quantitative estimate of drug-likeness (QED) is 0.0550. The molecule has 0 saturated heterocycles. The van der Waals surface area contributed by atoms with Crippen molar-refractivity contribution in [1.82, 2.24) is 0 Å². The van der Waals surface area contributed by atoms with Crippen LogP contribution in [-0.4, -0.2) is 7.32 Å². The van der Waals surface area contributed by atoms with Crippen molar-refractivity contribution in [3.63, 3.8) is 0 Å². The monoisotopic (exact) mass is 816 g/mol. The Hall–Kier alpha value is -6.72. The van der Waals surface area contributed by atoms with Gasteiger partial charge >= 0.3 is 7.32 Å². The van der Waals surface area contributed by atoms with Gasteiger partial charge < -0.3 is 14.0 Å². The smallest absolute Gasteiger partial charge is 0.489 e. The molecule has 0 bridgehead atoms. The molecule has 290 valence electrons. The average molecular weight is 816 g/mol. The van der Waals surface area contributed by atoms with Gasteiger partial charge in [0.05, 0.1) is 16.2 Å². The van der Waals surface area contributed by atoms with E-state index in [4.69, 9.17) is 14.0 Å². The van der Waals surface area contributed by atoms with Crippen LogP contribution in [0, 0.1) is 81.4 Å². The van der Waals surface area contributed by atoms with Crippen molar-refractivity contribution in [1.29, 1.82) is 0 Å². The lowest BCUT2D eigenvalue weighted by Gasteiger charge is -2.22. The molecule has 0 atom stereocenters. The predicted octanol–water partition coefficient (Wildman–Crippen LogP) is 12.5. The maximum atomic E-state index is 16.1. The van der Waals surface area contributed by atoms with Gasteiger partial charge in [0, 0.05) is 37.7 Å². The fourth-order valence-corrected chi connectivity index (χ4v) is 7.08. The standard InChI is InChI=1S/C40H11BF14O3/c42-19-7-8-23(18-11-22(45)31(48)32(49)25(18)19)56-41(58-40-17-9-13-3-6-21(44)29(46)15(13)10-16(17)30(47)36(53)38(40)55)57-39-14-4-1-12-2-5-20(43)27-24(12)26(14)28(34(51)33(27)50)35(52)37(39)54/h1-11H. The number of fused-ring (bicyclic) bond motifs is 3. The fraction of sp³-hybridized carbons (Fsp3) is 0. The molecule has 0 fully saturated rings. The van der Waals surface area contributed by atoms with E-state index in [1.54, 1.807) is 0 Å². The van der Waals surface area contributed by atoms with Crippen LogP contribution in [-0.2, 0) is 0 Å². The Morgan fingerprint density at radius 1 is 0.293 bits per heavy atom. The molecule has 0 aliphatic rings. The number of benzene rings is 9. The molecule has 0 amide bonds. The second-order valence-electron chi connectivity index (χ2n) is 12.8. The largest absolute Gasteiger partial charge is 0.864 e. The Bertz CT molecular complexity index is 3290. The molecule has 0 aromatic heterocycles. The molecule has 0 radical (unpaired) electrons. The zero-order valence-electron chi connectivity index (χ0n) is 27.9. The molecule has 58 heavy (non-hydrogen) atoms. The molecule has 9 aromatic carbocycles. The Morgan fingerprint density at radius 3 is 1.60 bits per heavy atom. The summed E-state index contributed by atoms with van der Waals surface area (Å²) >= 11 is 0. The molecule has 18 heteroatoms. The van der Waals surface area contributed by atoms with Gasteiger partial charge in [0.2, 0.25) is 5.82 Å². The minimum absolute atomic E-state index is 0.0123. The third-order valence-corrected chi connectivity index (χ3v) is 9.68. The molecular weight excluding hydrogens is 805 g/mol. The van der Waals surface area contributed by atoms with Gasteiger partial charge in [0.15, 0.2) is 75.5 Å². The first kappa shape index (κ1) is 36.9. The zero-order chi connectivity index (χ0) is 41.2. The van der Waals surface area contributed by atoms with E-state index in [0.29, 0.717) is 24.3 Å². The van der Waals surface area contributed by atoms with Crippen LogP contribution < -0.4 is 14.0 Å². The summed E-state index contributed by atoms with van der Waals surface area (Å²) < 4.78 is 228. The van der Waals surface area contributed by atoms with E-state index in [-0.39, 0.29) is 16.8 Å². The van der Waals surface area contributed by atoms with Crippen LogP contribution in [0.2, 0.25) is 0 Å². The summed E-state index contributed by atoms with van der Waals surface area (Å²) in [5, 5.41) is -8.84. The van der Waals surface area contributed by atoms with Crippen molar-refractivity contribution >= 4 is 72.0 Å². The van der Waals surface area contributed by atoms with E-state index in [1.807, 2.05) is 0 Å². The Morgan fingerprint density at radius 2 is 0.862 bits per heavy atom. The van der Waals surface area contributed by atoms with Gasteiger partial charge in [-0.05, 0) is 59.3 Å². The summed E-state index contributed by atoms with van der Waals surface area (Å²) in [6, 6.07) is 8.30. The van der Waals surface area contributed by atoms with Crippen molar-refractivity contribution in [3.05, 3.63) is 148 Å². The van der Waals surface area contributed by atoms with Crippen molar-refractivity contribution in [2.45, 2.75) is 0 Å². The SMILES string of the molecule is Fc1cc2c(OB(Oc3c(F)c(F)c(F)c4cc5c(F)c(F)ccc5cc34)Oc3c(F)c(F)c4c(F)c(F)c5c(F)ccc6ccc3c4c65)ccc(F)c2c(F)c1F. The number of rotatable bonds is 6. The molecule has 0 spiro atoms. The van der Waals surface area contributed by atoms with Crippen LogP contribution in [0.4, 0.5) is 61.5 Å². The molecule has 0 unspecified atom stereocenters. The molecule has 0 saturated carbocycles. The van der Waals surface area contributed by atoms with Crippen LogP contribution >= 0.6 is 0 Å². The van der Waals surface area contributed by atoms with Crippen LogP contribution in [0.25, 0.3) is 64.6 Å². The molecule has 3 nitrogen and oxygen atoms in total. The highest BCUT2D eigenvalue weighted by atomic mass is 19.2. The van der Waals surface area contributed by atoms with E-state index in [9.17, 15) is 30.7 Å². The van der Waals surface area contributed by atoms with Gasteiger partial charge in [-0.25, -0.2) is 52.7 Å². The van der Waals surface area contributed by atoms with Gasteiger partial charge in [-0.1, -0.05) is 18.2 Å². The van der Waals surface area contributed by atoms with Crippen molar-refractivity contribution in [3.8, 4) is 17.2 Å². The summed E-state index contributed by atoms with van der Waals surface area (Å²) in [5.41, 5.74) is 0. The highest BCUT2D eigenvalue weighted by Crippen LogP contribution is 2.46. The van der Waals surface area contributed by atoms with Crippen molar-refractivity contribution in [2.75, 3.05) is 0 Å². The van der Waals surface area contributed by atoms with Crippen molar-refractivity contribution < 1.29 is 75.4 Å². The topological polar surface area (TPSA) is 27.7 Å². The lowest BCUT2D eigenvalue weighted by molar-refractivity contribution is 0.292. The van der Waals surface area contributed by atoms with Crippen LogP contribution in [0.5, 0.6) is 17.2 Å². The van der Waals surface area contributed by atoms with E-state index >= 15 is 30.7 Å². The van der Waals surface area contributed by atoms with Crippen molar-refractivity contribution in [2.24, 2.45) is 0 Å². The Balaban J connectivity index is 1.31. The van der Waals surface area contributed by atoms with Crippen LogP contribution in [0.1, 0.15) is 0 Å². The van der Waals surface area contributed by atoms with Crippen LogP contribution in [0.15, 0.2) is 66.7 Å². The molecular formula is C40H11BF14O3. The third kappa shape index (κ3) is 5.16. The van der Waals surface area contributed by atoms with Gasteiger partial charge in [0.25, 0.3) is 0 Å². The van der Waals surface area contributed by atoms with Gasteiger partial charge in [-0.2, -0.15) is 8.78 Å². The third-order valence-electron chi connectivity index (χ3n) is 9.68. The average Bonchev–Trinajstić information content (AvgIpc) is 3.20. The molecule has 0 aliphatic heterocycles. The van der Waals surface area contributed by atoms with Crippen LogP contribution in [0.3, 0.4) is 0 Å². The summed E-state index contributed by atoms with van der Waals surface area (Å²) in [5.74, 6) is -30.0. The highest BCUT2D eigenvalue weighted by molar-refractivity contribution is 6.41. The lowest BCUT2D eigenvalue weighted by Crippen LogP contribution is -2.38. The predicted molar refractivity (Wildman–Crippen MR) is 183 cm³/mol. The first-order valence-electron chi connectivity index (χ1n) is 16.3. The Kier molecular flexibility index (Phi) is 8.21. The first-order valence-corrected chi connectivity index (χ1v) is 16.3. The summed E-state index contributed by atoms with van der Waals surface area (Å²) in [7, 11) is -2.89. The fourth-order valence-electron chi connectivity index (χ4n) is 7.08. The molecule has 9 rings (SSSR count). The van der Waals surface area contributed by atoms with Gasteiger partial charge in [-0.15, -0.1) is 0 Å². The van der Waals surface area contributed by atoms with E-state index < -0.39 is 160 Å². The van der Waals surface area contributed by atoms with Gasteiger partial charge in [0.1, 0.15) is 17.4 Å². The molecule has 9 aromatic rings. The lowest BCUT2D eigenvalue weighted by atomic mass is 9.92. The molecule has 0 heterocycles. The molecule has 0 aliphatic carbocycles. The number of hydrogen-bond donors (Lipinski definition) is 0. The van der Waals surface area contributed by atoms with E-state index in [2.05, 4.69) is 0 Å². The normalized spacial score (nSPS) is 12.0. The maximum absolute atomic E-state index is 16.1. The summed E-state index contributed by atoms with van der Waals surface area (Å²) in [6.07, 6.45) is 0. The highest BCUT2D eigenvalue weighted by Gasteiger charge is 2.39. The van der Waals surface area contributed by atoms with Gasteiger partial charge in [-0.3, -0.25) is 0 Å². The summed E-state index contributed by atoms with van der Waals surface area (Å²) in [6.45, 7) is 0. The number of halogens is 14. The summed E-state index contributed by atoms with van der Waals surface area (Å²) in [4.78, 5) is 0. The second-order valence-corrected chi connectivity index (χ2v) is 12.8. The molecule has 0 N–H and O–H groups in total. The minimum atomic E-state index is -2.89. The maximum Gasteiger partial charge on any atom is 0.864 e. The second kappa shape index (κ2) is 12.9. The minimum Gasteiger partial charge on any atom is -0.489 e. The Labute approximate surface area is 312 Å². The van der Waals surface area contributed by atoms with E-state index in [1.165, 1.54) is 0 Å². The van der Waals surface area contributed by atoms with E-state index in [0.717, 1.165) is 36.4 Å². The first-order chi connectivity index (χ1) is 27.6. The number of hydrogen-bond acceptors (Lipinski definition) is 3.